The largest absolute Gasteiger partial charge is 0.448 e. The number of ether oxygens (including phenoxy) is 2. The number of hydrogen-bond donors (Lipinski definition) is 0. The third-order valence-electron chi connectivity index (χ3n) is 5.49. The lowest BCUT2D eigenvalue weighted by Gasteiger charge is -2.36. The molecule has 0 aromatic carbocycles. The number of amides is 1. The third-order valence-corrected chi connectivity index (χ3v) is 5.49. The molecule has 0 radical (unpaired) electrons. The highest BCUT2D eigenvalue weighted by molar-refractivity contribution is 5.67. The van der Waals surface area contributed by atoms with Gasteiger partial charge in [-0.15, -0.1) is 0 Å². The zero-order chi connectivity index (χ0) is 15.6. The number of morpholine rings is 1. The fourth-order valence-corrected chi connectivity index (χ4v) is 4.65. The van der Waals surface area contributed by atoms with Crippen molar-refractivity contribution in [2.75, 3.05) is 39.5 Å². The van der Waals surface area contributed by atoms with Crippen molar-refractivity contribution in [3.8, 4) is 0 Å². The minimum absolute atomic E-state index is 0.163. The molecule has 3 heterocycles. The third kappa shape index (κ3) is 3.25. The molecule has 0 N–H and O–H groups in total. The molecule has 3 aliphatic rings. The van der Waals surface area contributed by atoms with E-state index >= 15 is 0 Å². The van der Waals surface area contributed by atoms with Gasteiger partial charge in [-0.2, -0.15) is 0 Å². The highest BCUT2D eigenvalue weighted by Crippen LogP contribution is 2.46. The Morgan fingerprint density at radius 3 is 2.77 bits per heavy atom. The van der Waals surface area contributed by atoms with Gasteiger partial charge in [0.1, 0.15) is 6.61 Å². The van der Waals surface area contributed by atoms with Crippen LogP contribution in [0.4, 0.5) is 4.79 Å². The van der Waals surface area contributed by atoms with Crippen LogP contribution in [0, 0.1) is 5.92 Å². The van der Waals surface area contributed by atoms with Crippen LogP contribution in [0.3, 0.4) is 0 Å². The molecule has 1 amide bonds. The van der Waals surface area contributed by atoms with Crippen molar-refractivity contribution in [2.24, 2.45) is 5.92 Å². The van der Waals surface area contributed by atoms with Crippen LogP contribution in [0.1, 0.15) is 46.0 Å². The Balaban J connectivity index is 1.52. The summed E-state index contributed by atoms with van der Waals surface area (Å²) in [6.45, 7) is 8.93. The van der Waals surface area contributed by atoms with Gasteiger partial charge in [0.25, 0.3) is 0 Å². The Bertz CT molecular complexity index is 395. The summed E-state index contributed by atoms with van der Waals surface area (Å²) in [5.41, 5.74) is 0.393. The topological polar surface area (TPSA) is 42.0 Å². The fourth-order valence-electron chi connectivity index (χ4n) is 4.65. The van der Waals surface area contributed by atoms with Crippen LogP contribution in [0.15, 0.2) is 0 Å². The lowest BCUT2D eigenvalue weighted by atomic mass is 9.85. The van der Waals surface area contributed by atoms with E-state index in [0.717, 1.165) is 5.92 Å². The molecule has 3 fully saturated rings. The molecule has 0 spiro atoms. The van der Waals surface area contributed by atoms with Crippen molar-refractivity contribution in [1.29, 1.82) is 0 Å². The van der Waals surface area contributed by atoms with E-state index in [1.54, 1.807) is 4.90 Å². The summed E-state index contributed by atoms with van der Waals surface area (Å²) >= 11 is 0. The van der Waals surface area contributed by atoms with Crippen LogP contribution in [-0.4, -0.2) is 66.9 Å². The van der Waals surface area contributed by atoms with E-state index in [2.05, 4.69) is 18.7 Å². The number of fused-ring (bicyclic) bond motifs is 1. The predicted molar refractivity (Wildman–Crippen MR) is 84.9 cm³/mol. The number of carbonyl (C=O) groups excluding carboxylic acids is 1. The molecule has 3 rings (SSSR count). The zero-order valence-electron chi connectivity index (χ0n) is 14.1. The number of carbonyl (C=O) groups is 1. The Morgan fingerprint density at radius 2 is 2.05 bits per heavy atom. The normalized spacial score (nSPS) is 32.5. The summed E-state index contributed by atoms with van der Waals surface area (Å²) in [5.74, 6) is 0.732. The Labute approximate surface area is 133 Å². The van der Waals surface area contributed by atoms with Crippen LogP contribution in [0.25, 0.3) is 0 Å². The first-order valence-corrected chi connectivity index (χ1v) is 8.87. The van der Waals surface area contributed by atoms with Crippen LogP contribution in [-0.2, 0) is 9.47 Å². The van der Waals surface area contributed by atoms with Crippen molar-refractivity contribution in [2.45, 2.75) is 57.5 Å². The minimum Gasteiger partial charge on any atom is -0.448 e. The molecule has 126 valence electrons. The summed E-state index contributed by atoms with van der Waals surface area (Å²) < 4.78 is 10.9. The highest BCUT2D eigenvalue weighted by atomic mass is 16.6. The van der Waals surface area contributed by atoms with Crippen molar-refractivity contribution in [3.63, 3.8) is 0 Å². The minimum atomic E-state index is -0.163. The second-order valence-electron chi connectivity index (χ2n) is 7.49. The van der Waals surface area contributed by atoms with Gasteiger partial charge < -0.3 is 14.4 Å². The van der Waals surface area contributed by atoms with Crippen LogP contribution >= 0.6 is 0 Å². The average Bonchev–Trinajstić information content (AvgIpc) is 3.04. The molecule has 0 aliphatic carbocycles. The number of hydrogen-bond acceptors (Lipinski definition) is 4. The van der Waals surface area contributed by atoms with Gasteiger partial charge in [0.05, 0.1) is 13.2 Å². The molecule has 3 saturated heterocycles. The van der Waals surface area contributed by atoms with Crippen LogP contribution in [0.5, 0.6) is 0 Å². The van der Waals surface area contributed by atoms with E-state index in [1.165, 1.54) is 38.6 Å². The van der Waals surface area contributed by atoms with Crippen molar-refractivity contribution >= 4 is 6.09 Å². The van der Waals surface area contributed by atoms with Gasteiger partial charge in [-0.05, 0) is 44.6 Å². The maximum Gasteiger partial charge on any atom is 0.409 e. The van der Waals surface area contributed by atoms with E-state index < -0.39 is 0 Å². The van der Waals surface area contributed by atoms with Gasteiger partial charge >= 0.3 is 6.09 Å². The molecule has 22 heavy (non-hydrogen) atoms. The molecule has 0 aromatic heterocycles. The zero-order valence-corrected chi connectivity index (χ0v) is 14.1. The van der Waals surface area contributed by atoms with Gasteiger partial charge in [0, 0.05) is 24.7 Å². The summed E-state index contributed by atoms with van der Waals surface area (Å²) in [7, 11) is 0. The van der Waals surface area contributed by atoms with Crippen molar-refractivity contribution in [1.82, 2.24) is 9.80 Å². The standard InChI is InChI=1S/C17H30N2O3/c1-14(2)12-17-5-3-7-19(17)15(4-6-17)13-22-16(20)18-8-10-21-11-9-18/h14-15H,3-13H2,1-2H3/t15-,17-/m1/s1. The van der Waals surface area contributed by atoms with E-state index in [0.29, 0.717) is 44.5 Å². The molecule has 0 unspecified atom stereocenters. The van der Waals surface area contributed by atoms with Gasteiger partial charge in [-0.25, -0.2) is 4.79 Å². The molecule has 2 atom stereocenters. The predicted octanol–water partition coefficient (Wildman–Crippen LogP) is 2.50. The first-order chi connectivity index (χ1) is 10.6. The summed E-state index contributed by atoms with van der Waals surface area (Å²) in [5, 5.41) is 0. The second kappa shape index (κ2) is 6.75. The number of rotatable bonds is 4. The fraction of sp³-hybridized carbons (Fsp3) is 0.941. The monoisotopic (exact) mass is 310 g/mol. The molecule has 3 aliphatic heterocycles. The second-order valence-corrected chi connectivity index (χ2v) is 7.49. The Morgan fingerprint density at radius 1 is 1.27 bits per heavy atom. The summed E-state index contributed by atoms with van der Waals surface area (Å²) in [6.07, 6.45) is 6.16. The first kappa shape index (κ1) is 16.1. The number of nitrogens with zero attached hydrogens (tertiary/aromatic N) is 2. The van der Waals surface area contributed by atoms with Gasteiger partial charge in [-0.3, -0.25) is 4.90 Å². The molecular weight excluding hydrogens is 280 g/mol. The summed E-state index contributed by atoms with van der Waals surface area (Å²) in [6, 6.07) is 0.422. The van der Waals surface area contributed by atoms with Crippen LogP contribution < -0.4 is 0 Å². The van der Waals surface area contributed by atoms with Gasteiger partial charge in [0.15, 0.2) is 0 Å². The maximum absolute atomic E-state index is 12.1. The quantitative estimate of drug-likeness (QED) is 0.800. The lowest BCUT2D eigenvalue weighted by molar-refractivity contribution is 0.0162. The smallest absolute Gasteiger partial charge is 0.409 e. The molecule has 0 aromatic rings. The van der Waals surface area contributed by atoms with Crippen molar-refractivity contribution < 1.29 is 14.3 Å². The molecule has 0 saturated carbocycles. The molecule has 5 heteroatoms. The van der Waals surface area contributed by atoms with E-state index in [-0.39, 0.29) is 6.09 Å². The van der Waals surface area contributed by atoms with Crippen molar-refractivity contribution in [3.05, 3.63) is 0 Å². The van der Waals surface area contributed by atoms with E-state index in [4.69, 9.17) is 9.47 Å². The van der Waals surface area contributed by atoms with Crippen LogP contribution in [0.2, 0.25) is 0 Å². The van der Waals surface area contributed by atoms with Gasteiger partial charge in [0.2, 0.25) is 0 Å². The maximum atomic E-state index is 12.1. The SMILES string of the molecule is CC(C)C[C@]12CCCN1[C@@H](COC(=O)N1CCOCC1)CC2. The lowest BCUT2D eigenvalue weighted by Crippen LogP contribution is -2.46. The Hall–Kier alpha value is -0.810. The van der Waals surface area contributed by atoms with Gasteiger partial charge in [-0.1, -0.05) is 13.8 Å². The van der Waals surface area contributed by atoms with E-state index in [9.17, 15) is 4.79 Å². The highest BCUT2D eigenvalue weighted by Gasteiger charge is 2.49. The molecular formula is C17H30N2O3. The van der Waals surface area contributed by atoms with E-state index in [1.807, 2.05) is 0 Å². The average molecular weight is 310 g/mol. The first-order valence-electron chi connectivity index (χ1n) is 8.87. The summed E-state index contributed by atoms with van der Waals surface area (Å²) in [4.78, 5) is 16.6. The molecule has 5 nitrogen and oxygen atoms in total. The molecule has 0 bridgehead atoms. The Kier molecular flexibility index (Phi) is 4.93.